The lowest BCUT2D eigenvalue weighted by atomic mass is 10.2. The van der Waals surface area contributed by atoms with Crippen LogP contribution in [0.1, 0.15) is 25.7 Å². The highest BCUT2D eigenvalue weighted by Crippen LogP contribution is 2.19. The molecular formula is C14H20N4OS. The largest absolute Gasteiger partial charge is 0.338 e. The molecule has 0 radical (unpaired) electrons. The molecule has 1 fully saturated rings. The normalized spacial score (nSPS) is 19.0. The van der Waals surface area contributed by atoms with Crippen LogP contribution in [0.5, 0.6) is 0 Å². The van der Waals surface area contributed by atoms with Crippen molar-refractivity contribution >= 4 is 11.3 Å². The number of aromatic nitrogens is 2. The van der Waals surface area contributed by atoms with Crippen molar-refractivity contribution in [1.29, 1.82) is 0 Å². The van der Waals surface area contributed by atoms with E-state index >= 15 is 0 Å². The second-order valence-corrected chi connectivity index (χ2v) is 5.92. The molecule has 1 aliphatic heterocycles. The van der Waals surface area contributed by atoms with Gasteiger partial charge < -0.3 is 9.84 Å². The van der Waals surface area contributed by atoms with Crippen LogP contribution in [0, 0.1) is 0 Å². The molecular weight excluding hydrogens is 272 g/mol. The lowest BCUT2D eigenvalue weighted by Crippen LogP contribution is -2.37. The van der Waals surface area contributed by atoms with Crippen LogP contribution in [0.4, 0.5) is 0 Å². The zero-order valence-corrected chi connectivity index (χ0v) is 12.5. The summed E-state index contributed by atoms with van der Waals surface area (Å²) in [6.07, 6.45) is 2.55. The molecule has 0 aliphatic carbocycles. The minimum Gasteiger partial charge on any atom is -0.338 e. The van der Waals surface area contributed by atoms with Gasteiger partial charge in [-0.05, 0) is 37.4 Å². The Kier molecular flexibility index (Phi) is 4.44. The molecule has 0 amide bonds. The van der Waals surface area contributed by atoms with Gasteiger partial charge in [0.2, 0.25) is 11.7 Å². The predicted molar refractivity (Wildman–Crippen MR) is 79.6 cm³/mol. The van der Waals surface area contributed by atoms with Crippen molar-refractivity contribution in [1.82, 2.24) is 20.4 Å². The Morgan fingerprint density at radius 1 is 1.55 bits per heavy atom. The van der Waals surface area contributed by atoms with E-state index in [1.807, 2.05) is 16.8 Å². The first-order valence-corrected chi connectivity index (χ1v) is 8.10. The summed E-state index contributed by atoms with van der Waals surface area (Å²) in [5, 5.41) is 11.6. The van der Waals surface area contributed by atoms with E-state index in [0.29, 0.717) is 17.8 Å². The Balaban J connectivity index is 1.60. The summed E-state index contributed by atoms with van der Waals surface area (Å²) in [4.78, 5) is 6.84. The first kappa shape index (κ1) is 13.7. The number of nitrogens with zero attached hydrogens (tertiary/aromatic N) is 3. The lowest BCUT2D eigenvalue weighted by Gasteiger charge is -2.22. The summed E-state index contributed by atoms with van der Waals surface area (Å²) in [6.45, 7) is 6.09. The maximum Gasteiger partial charge on any atom is 0.241 e. The molecule has 3 heterocycles. The third-order valence-corrected chi connectivity index (χ3v) is 4.38. The van der Waals surface area contributed by atoms with Gasteiger partial charge in [0, 0.05) is 23.5 Å². The fourth-order valence-electron chi connectivity index (χ4n) is 2.55. The minimum absolute atomic E-state index is 0.606. The fraction of sp³-hybridized carbons (Fsp3) is 0.571. The van der Waals surface area contributed by atoms with Gasteiger partial charge in [0.15, 0.2) is 0 Å². The standard InChI is InChI=1S/C14H20N4OS/c1-2-18(8-12-4-3-6-15-12)9-13-16-14(17-19-13)11-5-7-20-10-11/h5,7,10,12,15H,2-4,6,8-9H2,1H3. The summed E-state index contributed by atoms with van der Waals surface area (Å²) < 4.78 is 5.37. The Labute approximate surface area is 123 Å². The molecule has 3 rings (SSSR count). The van der Waals surface area contributed by atoms with E-state index in [0.717, 1.165) is 31.7 Å². The molecule has 0 spiro atoms. The Bertz CT molecular complexity index is 519. The molecule has 2 aromatic heterocycles. The lowest BCUT2D eigenvalue weighted by molar-refractivity contribution is 0.219. The van der Waals surface area contributed by atoms with Crippen molar-refractivity contribution in [3.8, 4) is 11.4 Å². The van der Waals surface area contributed by atoms with Gasteiger partial charge in [-0.15, -0.1) is 0 Å². The molecule has 20 heavy (non-hydrogen) atoms. The maximum absolute atomic E-state index is 5.37. The van der Waals surface area contributed by atoms with Crippen LogP contribution < -0.4 is 5.32 Å². The molecule has 1 atom stereocenters. The minimum atomic E-state index is 0.606. The highest BCUT2D eigenvalue weighted by molar-refractivity contribution is 7.08. The van der Waals surface area contributed by atoms with Crippen LogP contribution in [-0.4, -0.2) is 40.7 Å². The van der Waals surface area contributed by atoms with E-state index < -0.39 is 0 Å². The Morgan fingerprint density at radius 3 is 3.20 bits per heavy atom. The third kappa shape index (κ3) is 3.26. The van der Waals surface area contributed by atoms with Crippen LogP contribution in [0.15, 0.2) is 21.3 Å². The van der Waals surface area contributed by atoms with Crippen molar-refractivity contribution in [2.45, 2.75) is 32.4 Å². The number of likely N-dealkylation sites (N-methyl/N-ethyl adjacent to an activating group) is 1. The van der Waals surface area contributed by atoms with Gasteiger partial charge >= 0.3 is 0 Å². The average Bonchev–Trinajstić information content (AvgIpc) is 3.20. The molecule has 0 bridgehead atoms. The number of hydrogen-bond donors (Lipinski definition) is 1. The molecule has 1 unspecified atom stereocenters. The first-order chi connectivity index (χ1) is 9.85. The highest BCUT2D eigenvalue weighted by Gasteiger charge is 2.19. The van der Waals surface area contributed by atoms with E-state index in [4.69, 9.17) is 4.52 Å². The monoisotopic (exact) mass is 292 g/mol. The molecule has 108 valence electrons. The summed E-state index contributed by atoms with van der Waals surface area (Å²) in [5.74, 6) is 1.39. The van der Waals surface area contributed by atoms with Crippen molar-refractivity contribution < 1.29 is 4.52 Å². The van der Waals surface area contributed by atoms with E-state index in [1.54, 1.807) is 11.3 Å². The van der Waals surface area contributed by atoms with E-state index in [-0.39, 0.29) is 0 Å². The summed E-state index contributed by atoms with van der Waals surface area (Å²) in [6, 6.07) is 2.62. The van der Waals surface area contributed by atoms with Crippen LogP contribution in [-0.2, 0) is 6.54 Å². The van der Waals surface area contributed by atoms with Crippen LogP contribution in [0.2, 0.25) is 0 Å². The zero-order chi connectivity index (χ0) is 13.8. The summed E-state index contributed by atoms with van der Waals surface area (Å²) in [5.41, 5.74) is 1.03. The first-order valence-electron chi connectivity index (χ1n) is 7.16. The van der Waals surface area contributed by atoms with Crippen LogP contribution >= 0.6 is 11.3 Å². The molecule has 6 heteroatoms. The second-order valence-electron chi connectivity index (χ2n) is 5.14. The van der Waals surface area contributed by atoms with E-state index in [9.17, 15) is 0 Å². The second kappa shape index (κ2) is 6.47. The number of hydrogen-bond acceptors (Lipinski definition) is 6. The molecule has 2 aromatic rings. The smallest absolute Gasteiger partial charge is 0.241 e. The third-order valence-electron chi connectivity index (χ3n) is 3.69. The van der Waals surface area contributed by atoms with Gasteiger partial charge in [0.1, 0.15) is 0 Å². The van der Waals surface area contributed by atoms with Crippen LogP contribution in [0.25, 0.3) is 11.4 Å². The molecule has 5 nitrogen and oxygen atoms in total. The van der Waals surface area contributed by atoms with Gasteiger partial charge in [-0.2, -0.15) is 16.3 Å². The Morgan fingerprint density at radius 2 is 2.50 bits per heavy atom. The zero-order valence-electron chi connectivity index (χ0n) is 11.7. The predicted octanol–water partition coefficient (Wildman–Crippen LogP) is 2.37. The van der Waals surface area contributed by atoms with Crippen molar-refractivity contribution in [2.75, 3.05) is 19.6 Å². The quantitative estimate of drug-likeness (QED) is 0.886. The van der Waals surface area contributed by atoms with E-state index in [1.165, 1.54) is 12.8 Å². The van der Waals surface area contributed by atoms with Crippen LogP contribution in [0.3, 0.4) is 0 Å². The van der Waals surface area contributed by atoms with Crippen molar-refractivity contribution in [3.05, 3.63) is 22.7 Å². The van der Waals surface area contributed by atoms with Gasteiger partial charge in [0.25, 0.3) is 0 Å². The molecule has 1 aliphatic rings. The van der Waals surface area contributed by atoms with Gasteiger partial charge in [0.05, 0.1) is 6.54 Å². The molecule has 0 aromatic carbocycles. The molecule has 0 saturated carbocycles. The summed E-state index contributed by atoms with van der Waals surface area (Å²) >= 11 is 1.64. The highest BCUT2D eigenvalue weighted by atomic mass is 32.1. The van der Waals surface area contributed by atoms with Gasteiger partial charge in [-0.3, -0.25) is 4.90 Å². The topological polar surface area (TPSA) is 54.2 Å². The average molecular weight is 292 g/mol. The number of thiophene rings is 1. The Hall–Kier alpha value is -1.24. The molecule has 1 N–H and O–H groups in total. The van der Waals surface area contributed by atoms with E-state index in [2.05, 4.69) is 27.3 Å². The van der Waals surface area contributed by atoms with Gasteiger partial charge in [-0.1, -0.05) is 12.1 Å². The van der Waals surface area contributed by atoms with Crippen molar-refractivity contribution in [3.63, 3.8) is 0 Å². The maximum atomic E-state index is 5.37. The molecule has 1 saturated heterocycles. The van der Waals surface area contributed by atoms with Crippen molar-refractivity contribution in [2.24, 2.45) is 0 Å². The SMILES string of the molecule is CCN(Cc1nc(-c2ccsc2)no1)CC1CCCN1. The summed E-state index contributed by atoms with van der Waals surface area (Å²) in [7, 11) is 0. The van der Waals surface area contributed by atoms with Gasteiger partial charge in [-0.25, -0.2) is 0 Å². The number of rotatable bonds is 6. The number of nitrogens with one attached hydrogen (secondary N) is 1. The fourth-order valence-corrected chi connectivity index (χ4v) is 3.18.